The first-order chi connectivity index (χ1) is 13.9. The number of hydrogen-bond donors (Lipinski definition) is 2. The molecule has 0 spiro atoms. The van der Waals surface area contributed by atoms with Crippen LogP contribution in [0.5, 0.6) is 0 Å². The van der Waals surface area contributed by atoms with E-state index in [0.29, 0.717) is 39.5 Å². The maximum Gasteiger partial charge on any atom is 0.274 e. The molecule has 156 valence electrons. The van der Waals surface area contributed by atoms with Gasteiger partial charge in [0.25, 0.3) is 5.91 Å². The highest BCUT2D eigenvalue weighted by Crippen LogP contribution is 2.33. The summed E-state index contributed by atoms with van der Waals surface area (Å²) in [5, 5.41) is 9.16. The number of thiazole rings is 1. The average molecular weight is 455 g/mol. The van der Waals surface area contributed by atoms with Crippen molar-refractivity contribution in [3.05, 3.63) is 39.3 Å². The van der Waals surface area contributed by atoms with Gasteiger partial charge in [-0.2, -0.15) is 0 Å². The van der Waals surface area contributed by atoms with Gasteiger partial charge in [-0.1, -0.05) is 36.2 Å². The molecule has 1 aromatic carbocycles. The molecular formula is C20H24Cl2N4O2S. The minimum absolute atomic E-state index is 0.0823. The van der Waals surface area contributed by atoms with Crippen molar-refractivity contribution in [3.8, 4) is 0 Å². The lowest BCUT2D eigenvalue weighted by Gasteiger charge is -2.34. The Balaban J connectivity index is 1.73. The second-order valence-electron chi connectivity index (χ2n) is 7.09. The van der Waals surface area contributed by atoms with Crippen molar-refractivity contribution in [3.63, 3.8) is 0 Å². The average Bonchev–Trinajstić information content (AvgIpc) is 3.19. The van der Waals surface area contributed by atoms with Gasteiger partial charge in [0.2, 0.25) is 5.91 Å². The number of nitrogens with zero attached hydrogens (tertiary/aromatic N) is 2. The number of anilines is 2. The van der Waals surface area contributed by atoms with Crippen LogP contribution in [0.4, 0.5) is 10.8 Å². The zero-order chi connectivity index (χ0) is 21.0. The topological polar surface area (TPSA) is 74.3 Å². The highest BCUT2D eigenvalue weighted by molar-refractivity contribution is 7.14. The molecule has 2 aromatic rings. The number of halogens is 2. The van der Waals surface area contributed by atoms with E-state index in [4.69, 9.17) is 23.2 Å². The number of hydrogen-bond acceptors (Lipinski definition) is 5. The quantitative estimate of drug-likeness (QED) is 0.636. The van der Waals surface area contributed by atoms with E-state index in [1.165, 1.54) is 11.3 Å². The first kappa shape index (κ1) is 21.9. The van der Waals surface area contributed by atoms with E-state index in [-0.39, 0.29) is 17.9 Å². The fraction of sp³-hybridized carbons (Fsp3) is 0.450. The van der Waals surface area contributed by atoms with Crippen LogP contribution in [0.1, 0.15) is 50.0 Å². The van der Waals surface area contributed by atoms with Crippen molar-refractivity contribution in [2.45, 2.75) is 51.6 Å². The van der Waals surface area contributed by atoms with Crippen LogP contribution in [0.3, 0.4) is 0 Å². The van der Waals surface area contributed by atoms with Gasteiger partial charge < -0.3 is 15.5 Å². The Morgan fingerprint density at radius 2 is 2.14 bits per heavy atom. The Labute approximate surface area is 184 Å². The van der Waals surface area contributed by atoms with Gasteiger partial charge in [-0.15, -0.1) is 11.3 Å². The molecule has 29 heavy (non-hydrogen) atoms. The van der Waals surface area contributed by atoms with Crippen LogP contribution in [0.25, 0.3) is 0 Å². The van der Waals surface area contributed by atoms with Gasteiger partial charge in [-0.25, -0.2) is 4.98 Å². The third-order valence-electron chi connectivity index (χ3n) is 4.98. The molecule has 0 radical (unpaired) electrons. The summed E-state index contributed by atoms with van der Waals surface area (Å²) in [6.07, 6.45) is 3.33. The van der Waals surface area contributed by atoms with Crippen LogP contribution in [0, 0.1) is 0 Å². The highest BCUT2D eigenvalue weighted by Gasteiger charge is 2.34. The zero-order valence-electron chi connectivity index (χ0n) is 16.4. The number of likely N-dealkylation sites (tertiary alicyclic amines) is 1. The van der Waals surface area contributed by atoms with E-state index in [2.05, 4.69) is 15.6 Å². The molecule has 2 heterocycles. The lowest BCUT2D eigenvalue weighted by atomic mass is 10.0. The summed E-state index contributed by atoms with van der Waals surface area (Å²) in [6.45, 7) is 4.54. The number of aromatic nitrogens is 1. The SMILES string of the molecule is CC[C@@H](C)NC(=O)[C@@H]1CCCCN1C(=O)c1csc(Nc2cccc(Cl)c2Cl)n1. The molecule has 0 aliphatic carbocycles. The Morgan fingerprint density at radius 3 is 2.90 bits per heavy atom. The van der Waals surface area contributed by atoms with Crippen molar-refractivity contribution >= 4 is 57.2 Å². The molecule has 9 heteroatoms. The molecule has 0 unspecified atom stereocenters. The lowest BCUT2D eigenvalue weighted by molar-refractivity contribution is -0.127. The smallest absolute Gasteiger partial charge is 0.274 e. The number of carbonyl (C=O) groups is 2. The third-order valence-corrected chi connectivity index (χ3v) is 6.56. The molecule has 0 bridgehead atoms. The molecule has 3 rings (SSSR count). The summed E-state index contributed by atoms with van der Waals surface area (Å²) >= 11 is 13.5. The van der Waals surface area contributed by atoms with Crippen molar-refractivity contribution in [2.24, 2.45) is 0 Å². The number of rotatable bonds is 6. The monoisotopic (exact) mass is 454 g/mol. The van der Waals surface area contributed by atoms with E-state index >= 15 is 0 Å². The van der Waals surface area contributed by atoms with Gasteiger partial charge in [0.05, 0.1) is 15.7 Å². The summed E-state index contributed by atoms with van der Waals surface area (Å²) in [6, 6.07) is 4.90. The first-order valence-corrected chi connectivity index (χ1v) is 11.3. The molecule has 1 aliphatic heterocycles. The van der Waals surface area contributed by atoms with Crippen molar-refractivity contribution in [1.82, 2.24) is 15.2 Å². The lowest BCUT2D eigenvalue weighted by Crippen LogP contribution is -2.53. The zero-order valence-corrected chi connectivity index (χ0v) is 18.7. The Hall–Kier alpha value is -1.83. The van der Waals surface area contributed by atoms with Crippen LogP contribution < -0.4 is 10.6 Å². The van der Waals surface area contributed by atoms with E-state index in [9.17, 15) is 9.59 Å². The molecule has 2 N–H and O–H groups in total. The minimum Gasteiger partial charge on any atom is -0.352 e. The predicted molar refractivity (Wildman–Crippen MR) is 118 cm³/mol. The van der Waals surface area contributed by atoms with Gasteiger partial charge in [0, 0.05) is 18.0 Å². The molecule has 2 amide bonds. The first-order valence-electron chi connectivity index (χ1n) is 9.68. The van der Waals surface area contributed by atoms with Gasteiger partial charge >= 0.3 is 0 Å². The summed E-state index contributed by atoms with van der Waals surface area (Å²) < 4.78 is 0. The summed E-state index contributed by atoms with van der Waals surface area (Å²) in [5.41, 5.74) is 0.940. The van der Waals surface area contributed by atoms with Gasteiger partial charge in [0.15, 0.2) is 5.13 Å². The molecule has 0 saturated carbocycles. The van der Waals surface area contributed by atoms with Crippen molar-refractivity contribution < 1.29 is 9.59 Å². The molecule has 1 aromatic heterocycles. The van der Waals surface area contributed by atoms with Gasteiger partial charge in [-0.3, -0.25) is 9.59 Å². The number of nitrogens with one attached hydrogen (secondary N) is 2. The second-order valence-corrected chi connectivity index (χ2v) is 8.74. The fourth-order valence-corrected chi connectivity index (χ4v) is 4.22. The standard InChI is InChI=1S/C20H24Cl2N4O2S/c1-3-12(2)23-18(27)16-9-4-5-10-26(16)19(28)15-11-29-20(25-15)24-14-8-6-7-13(21)17(14)22/h6-8,11-12,16H,3-5,9-10H2,1-2H3,(H,23,27)(H,24,25)/t12-,16+/m1/s1. The van der Waals surface area contributed by atoms with Crippen molar-refractivity contribution in [1.29, 1.82) is 0 Å². The molecule has 2 atom stereocenters. The molecular weight excluding hydrogens is 431 g/mol. The predicted octanol–water partition coefficient (Wildman–Crippen LogP) is 5.10. The number of benzene rings is 1. The highest BCUT2D eigenvalue weighted by atomic mass is 35.5. The Morgan fingerprint density at radius 1 is 1.34 bits per heavy atom. The third kappa shape index (κ3) is 5.21. The van der Waals surface area contributed by atoms with Gasteiger partial charge in [-0.05, 0) is 44.7 Å². The van der Waals surface area contributed by atoms with Gasteiger partial charge in [0.1, 0.15) is 11.7 Å². The number of amides is 2. The second kappa shape index (κ2) is 9.78. The van der Waals surface area contributed by atoms with Crippen molar-refractivity contribution in [2.75, 3.05) is 11.9 Å². The Bertz CT molecular complexity index is 889. The van der Waals surface area contributed by atoms with Crippen LogP contribution in [0.2, 0.25) is 10.0 Å². The summed E-state index contributed by atoms with van der Waals surface area (Å²) in [7, 11) is 0. The van der Waals surface area contributed by atoms with E-state index in [1.807, 2.05) is 13.8 Å². The van der Waals surface area contributed by atoms with Crippen LogP contribution in [0.15, 0.2) is 23.6 Å². The number of carbonyl (C=O) groups excluding carboxylic acids is 2. The maximum absolute atomic E-state index is 13.1. The van der Waals surface area contributed by atoms with Crippen LogP contribution in [-0.2, 0) is 4.79 Å². The molecule has 1 saturated heterocycles. The fourth-order valence-electron chi connectivity index (χ4n) is 3.18. The normalized spacial score (nSPS) is 17.7. The maximum atomic E-state index is 13.1. The summed E-state index contributed by atoms with van der Waals surface area (Å²) in [5.74, 6) is -0.317. The Kier molecular flexibility index (Phi) is 7.38. The van der Waals surface area contributed by atoms with E-state index in [1.54, 1.807) is 28.5 Å². The molecule has 1 fully saturated rings. The molecule has 6 nitrogen and oxygen atoms in total. The molecule has 1 aliphatic rings. The van der Waals surface area contributed by atoms with E-state index in [0.717, 1.165) is 19.3 Å². The minimum atomic E-state index is -0.453. The van der Waals surface area contributed by atoms with E-state index < -0.39 is 6.04 Å². The van der Waals surface area contributed by atoms with Crippen LogP contribution in [-0.4, -0.2) is 40.3 Å². The number of piperidine rings is 1. The summed E-state index contributed by atoms with van der Waals surface area (Å²) in [4.78, 5) is 31.8. The van der Waals surface area contributed by atoms with Crippen LogP contribution >= 0.6 is 34.5 Å². The largest absolute Gasteiger partial charge is 0.352 e.